The van der Waals surface area contributed by atoms with Crippen molar-refractivity contribution in [3.05, 3.63) is 59.3 Å². The molecule has 0 aliphatic rings. The summed E-state index contributed by atoms with van der Waals surface area (Å²) in [4.78, 5) is 22.5. The molecule has 1 aromatic heterocycles. The van der Waals surface area contributed by atoms with Crippen molar-refractivity contribution in [2.75, 3.05) is 27.2 Å². The standard InChI is InChI=1S/C22H31N5O2/c1-5-14-29-20-19(8-7-13-24-20)16-26-22(23-6-2)25-15-17-9-11-18(12-10-17)21(28)27(3)4/h7-13H,5-6,14-16H2,1-4H3,(H2,23,25,26). The van der Waals surface area contributed by atoms with Gasteiger partial charge < -0.3 is 20.3 Å². The van der Waals surface area contributed by atoms with Crippen LogP contribution < -0.4 is 15.4 Å². The van der Waals surface area contributed by atoms with E-state index < -0.39 is 0 Å². The van der Waals surface area contributed by atoms with Crippen LogP contribution in [0.1, 0.15) is 41.8 Å². The van der Waals surface area contributed by atoms with Crippen molar-refractivity contribution in [2.24, 2.45) is 4.99 Å². The zero-order valence-electron chi connectivity index (χ0n) is 17.7. The van der Waals surface area contributed by atoms with E-state index in [1.165, 1.54) is 0 Å². The molecule has 156 valence electrons. The van der Waals surface area contributed by atoms with Gasteiger partial charge in [0.2, 0.25) is 5.88 Å². The van der Waals surface area contributed by atoms with E-state index in [2.05, 4.69) is 27.5 Å². The van der Waals surface area contributed by atoms with Crippen molar-refractivity contribution in [2.45, 2.75) is 33.4 Å². The number of nitrogens with one attached hydrogen (secondary N) is 2. The number of rotatable bonds is 9. The maximum absolute atomic E-state index is 12.0. The average molecular weight is 398 g/mol. The number of pyridine rings is 1. The summed E-state index contributed by atoms with van der Waals surface area (Å²) in [7, 11) is 3.49. The fraction of sp³-hybridized carbons (Fsp3) is 0.409. The predicted octanol–water partition coefficient (Wildman–Crippen LogP) is 2.83. The molecular weight excluding hydrogens is 366 g/mol. The maximum atomic E-state index is 12.0. The molecule has 7 heteroatoms. The fourth-order valence-corrected chi connectivity index (χ4v) is 2.59. The molecule has 0 unspecified atom stereocenters. The molecule has 0 aliphatic carbocycles. The maximum Gasteiger partial charge on any atom is 0.253 e. The largest absolute Gasteiger partial charge is 0.477 e. The third kappa shape index (κ3) is 7.10. The van der Waals surface area contributed by atoms with Crippen molar-refractivity contribution in [1.82, 2.24) is 20.5 Å². The molecule has 1 amide bonds. The van der Waals surface area contributed by atoms with Crippen molar-refractivity contribution in [1.29, 1.82) is 0 Å². The van der Waals surface area contributed by atoms with Gasteiger partial charge >= 0.3 is 0 Å². The van der Waals surface area contributed by atoms with Gasteiger partial charge in [-0.3, -0.25) is 4.79 Å². The zero-order valence-corrected chi connectivity index (χ0v) is 17.7. The SMILES string of the molecule is CCCOc1ncccc1CNC(=NCc1ccc(C(=O)N(C)C)cc1)NCC. The van der Waals surface area contributed by atoms with Gasteiger partial charge in [0.15, 0.2) is 5.96 Å². The quantitative estimate of drug-likeness (QED) is 0.502. The summed E-state index contributed by atoms with van der Waals surface area (Å²) in [6.07, 6.45) is 2.67. The topological polar surface area (TPSA) is 78.8 Å². The van der Waals surface area contributed by atoms with Crippen LogP contribution in [0.3, 0.4) is 0 Å². The first-order valence-corrected chi connectivity index (χ1v) is 9.94. The summed E-state index contributed by atoms with van der Waals surface area (Å²) in [6.45, 7) is 6.57. The van der Waals surface area contributed by atoms with Gasteiger partial charge in [-0.05, 0) is 37.1 Å². The molecule has 2 N–H and O–H groups in total. The number of aliphatic imine (C=N–C) groups is 1. The number of carbonyl (C=O) groups is 1. The van der Waals surface area contributed by atoms with Crippen LogP contribution in [-0.4, -0.2) is 49.0 Å². The normalized spacial score (nSPS) is 11.1. The second-order valence-corrected chi connectivity index (χ2v) is 6.76. The lowest BCUT2D eigenvalue weighted by molar-refractivity contribution is 0.0827. The number of hydrogen-bond acceptors (Lipinski definition) is 4. The lowest BCUT2D eigenvalue weighted by atomic mass is 10.1. The first kappa shape index (κ1) is 22.2. The van der Waals surface area contributed by atoms with Crippen LogP contribution in [0.25, 0.3) is 0 Å². The van der Waals surface area contributed by atoms with E-state index in [1.807, 2.05) is 43.3 Å². The third-order valence-corrected chi connectivity index (χ3v) is 4.11. The Hall–Kier alpha value is -3.09. The molecule has 1 aromatic carbocycles. The molecule has 0 radical (unpaired) electrons. The number of carbonyl (C=O) groups excluding carboxylic acids is 1. The number of guanidine groups is 1. The molecule has 0 aliphatic heterocycles. The molecule has 29 heavy (non-hydrogen) atoms. The summed E-state index contributed by atoms with van der Waals surface area (Å²) in [5.74, 6) is 1.36. The number of aromatic nitrogens is 1. The molecule has 0 saturated carbocycles. The smallest absolute Gasteiger partial charge is 0.253 e. The minimum Gasteiger partial charge on any atom is -0.477 e. The highest BCUT2D eigenvalue weighted by Crippen LogP contribution is 2.14. The van der Waals surface area contributed by atoms with E-state index in [1.54, 1.807) is 25.2 Å². The molecule has 2 aromatic rings. The second-order valence-electron chi connectivity index (χ2n) is 6.76. The molecule has 0 bridgehead atoms. The highest BCUT2D eigenvalue weighted by molar-refractivity contribution is 5.93. The van der Waals surface area contributed by atoms with Crippen LogP contribution in [0, 0.1) is 0 Å². The highest BCUT2D eigenvalue weighted by Gasteiger charge is 2.08. The van der Waals surface area contributed by atoms with E-state index in [0.29, 0.717) is 37.1 Å². The highest BCUT2D eigenvalue weighted by atomic mass is 16.5. The third-order valence-electron chi connectivity index (χ3n) is 4.11. The van der Waals surface area contributed by atoms with E-state index in [-0.39, 0.29) is 5.91 Å². The Morgan fingerprint density at radius 1 is 1.14 bits per heavy atom. The van der Waals surface area contributed by atoms with Gasteiger partial charge in [0.05, 0.1) is 13.2 Å². The average Bonchev–Trinajstić information content (AvgIpc) is 2.74. The van der Waals surface area contributed by atoms with Gasteiger partial charge in [0.1, 0.15) is 0 Å². The number of benzene rings is 1. The van der Waals surface area contributed by atoms with Gasteiger partial charge in [-0.2, -0.15) is 0 Å². The van der Waals surface area contributed by atoms with E-state index in [9.17, 15) is 4.79 Å². The number of ether oxygens (including phenoxy) is 1. The first-order valence-electron chi connectivity index (χ1n) is 9.94. The van der Waals surface area contributed by atoms with E-state index in [4.69, 9.17) is 4.74 Å². The molecule has 0 saturated heterocycles. The Kier molecular flexibility index (Phi) is 8.95. The summed E-state index contributed by atoms with van der Waals surface area (Å²) in [5, 5.41) is 6.57. The van der Waals surface area contributed by atoms with Crippen molar-refractivity contribution >= 4 is 11.9 Å². The van der Waals surface area contributed by atoms with Crippen molar-refractivity contribution in [3.63, 3.8) is 0 Å². The van der Waals surface area contributed by atoms with Crippen molar-refractivity contribution in [3.8, 4) is 5.88 Å². The van der Waals surface area contributed by atoms with Crippen molar-refractivity contribution < 1.29 is 9.53 Å². The fourth-order valence-electron chi connectivity index (χ4n) is 2.59. The molecule has 0 atom stereocenters. The van der Waals surface area contributed by atoms with E-state index >= 15 is 0 Å². The zero-order chi connectivity index (χ0) is 21.1. The lowest BCUT2D eigenvalue weighted by Crippen LogP contribution is -2.36. The van der Waals surface area contributed by atoms with Crippen LogP contribution in [0.15, 0.2) is 47.6 Å². The first-order chi connectivity index (χ1) is 14.0. The summed E-state index contributed by atoms with van der Waals surface area (Å²) in [5.41, 5.74) is 2.69. The minimum atomic E-state index is -0.00683. The Labute approximate surface area is 173 Å². The molecule has 0 spiro atoms. The van der Waals surface area contributed by atoms with E-state index in [0.717, 1.165) is 24.1 Å². The molecule has 1 heterocycles. The summed E-state index contributed by atoms with van der Waals surface area (Å²) in [6, 6.07) is 11.4. The minimum absolute atomic E-state index is 0.00683. The molecule has 0 fully saturated rings. The van der Waals surface area contributed by atoms with Crippen LogP contribution >= 0.6 is 0 Å². The van der Waals surface area contributed by atoms with Crippen LogP contribution in [0.4, 0.5) is 0 Å². The Bertz CT molecular complexity index is 803. The predicted molar refractivity (Wildman–Crippen MR) is 116 cm³/mol. The molecule has 2 rings (SSSR count). The summed E-state index contributed by atoms with van der Waals surface area (Å²) >= 11 is 0. The van der Waals surface area contributed by atoms with Gasteiger partial charge in [-0.15, -0.1) is 0 Å². The van der Waals surface area contributed by atoms with Crippen LogP contribution in [-0.2, 0) is 13.1 Å². The van der Waals surface area contributed by atoms with Gasteiger partial charge in [-0.1, -0.05) is 25.1 Å². The Morgan fingerprint density at radius 3 is 2.55 bits per heavy atom. The number of hydrogen-bond donors (Lipinski definition) is 2. The Morgan fingerprint density at radius 2 is 1.90 bits per heavy atom. The monoisotopic (exact) mass is 397 g/mol. The van der Waals surface area contributed by atoms with Gasteiger partial charge in [-0.25, -0.2) is 9.98 Å². The van der Waals surface area contributed by atoms with Gasteiger partial charge in [0, 0.05) is 44.5 Å². The second kappa shape index (κ2) is 11.7. The van der Waals surface area contributed by atoms with Crippen LogP contribution in [0.2, 0.25) is 0 Å². The van der Waals surface area contributed by atoms with Gasteiger partial charge in [0.25, 0.3) is 5.91 Å². The Balaban J connectivity index is 2.01. The lowest BCUT2D eigenvalue weighted by Gasteiger charge is -2.14. The molecular formula is C22H31N5O2. The number of amides is 1. The number of nitrogens with zero attached hydrogens (tertiary/aromatic N) is 3. The van der Waals surface area contributed by atoms with Crippen LogP contribution in [0.5, 0.6) is 5.88 Å². The summed E-state index contributed by atoms with van der Waals surface area (Å²) < 4.78 is 5.71. The molecule has 7 nitrogen and oxygen atoms in total.